The van der Waals surface area contributed by atoms with Gasteiger partial charge >= 0.3 is 0 Å². The van der Waals surface area contributed by atoms with Crippen LogP contribution < -0.4 is 9.47 Å². The molecule has 3 heterocycles. The van der Waals surface area contributed by atoms with Gasteiger partial charge in [0.2, 0.25) is 12.7 Å². The summed E-state index contributed by atoms with van der Waals surface area (Å²) in [4.78, 5) is 17.5. The number of likely N-dealkylation sites (tertiary alicyclic amines) is 2. The Morgan fingerprint density at radius 3 is 2.65 bits per heavy atom. The topological polar surface area (TPSA) is 42.0 Å². The Labute approximate surface area is 188 Å². The van der Waals surface area contributed by atoms with Gasteiger partial charge in [0.25, 0.3) is 0 Å². The zero-order chi connectivity index (χ0) is 21.2. The number of benzene rings is 2. The van der Waals surface area contributed by atoms with Gasteiger partial charge in [0.1, 0.15) is 0 Å². The van der Waals surface area contributed by atoms with Gasteiger partial charge in [-0.15, -0.1) is 0 Å². The second-order valence-electron chi connectivity index (χ2n) is 8.84. The van der Waals surface area contributed by atoms with Gasteiger partial charge in [-0.2, -0.15) is 0 Å². The summed E-state index contributed by atoms with van der Waals surface area (Å²) in [6, 6.07) is 15.0. The minimum absolute atomic E-state index is 0.216. The van der Waals surface area contributed by atoms with Crippen molar-refractivity contribution in [2.45, 2.75) is 50.6 Å². The molecule has 2 aromatic rings. The first-order valence-corrected chi connectivity index (χ1v) is 11.7. The fourth-order valence-electron chi connectivity index (χ4n) is 5.18. The normalized spacial score (nSPS) is 24.3. The number of carbonyl (C=O) groups is 1. The van der Waals surface area contributed by atoms with Crippen LogP contribution in [0.5, 0.6) is 11.5 Å². The van der Waals surface area contributed by atoms with E-state index in [2.05, 4.69) is 35.2 Å². The van der Waals surface area contributed by atoms with E-state index >= 15 is 0 Å². The Morgan fingerprint density at radius 1 is 1.00 bits per heavy atom. The summed E-state index contributed by atoms with van der Waals surface area (Å²) in [6.45, 7) is 3.74. The molecule has 0 aromatic heterocycles. The number of hydrogen-bond donors (Lipinski definition) is 0. The van der Waals surface area contributed by atoms with Crippen LogP contribution in [0.3, 0.4) is 0 Å². The van der Waals surface area contributed by atoms with Crippen molar-refractivity contribution in [1.29, 1.82) is 0 Å². The van der Waals surface area contributed by atoms with Gasteiger partial charge < -0.3 is 14.4 Å². The molecule has 5 rings (SSSR count). The number of fused-ring (bicyclic) bond motifs is 1. The molecule has 0 spiro atoms. The van der Waals surface area contributed by atoms with Crippen molar-refractivity contribution in [2.75, 3.05) is 26.4 Å². The van der Waals surface area contributed by atoms with Crippen molar-refractivity contribution in [2.24, 2.45) is 0 Å². The summed E-state index contributed by atoms with van der Waals surface area (Å²) in [7, 11) is 0. The molecule has 2 aromatic carbocycles. The highest BCUT2D eigenvalue weighted by molar-refractivity contribution is 6.31. The van der Waals surface area contributed by atoms with E-state index in [1.54, 1.807) is 6.07 Å². The lowest BCUT2D eigenvalue weighted by molar-refractivity contribution is -0.131. The monoisotopic (exact) mass is 440 g/mol. The van der Waals surface area contributed by atoms with Crippen molar-refractivity contribution in [3.8, 4) is 11.5 Å². The largest absolute Gasteiger partial charge is 0.454 e. The smallest absolute Gasteiger partial charge is 0.231 e. The lowest BCUT2D eigenvalue weighted by Gasteiger charge is -2.38. The van der Waals surface area contributed by atoms with E-state index in [9.17, 15) is 4.79 Å². The third kappa shape index (κ3) is 4.53. The van der Waals surface area contributed by atoms with E-state index in [-0.39, 0.29) is 12.7 Å². The summed E-state index contributed by atoms with van der Waals surface area (Å²) in [5.41, 5.74) is 2.36. The molecule has 164 valence electrons. The molecule has 3 aliphatic heterocycles. The van der Waals surface area contributed by atoms with Crippen LogP contribution in [0.25, 0.3) is 0 Å². The number of nitrogens with zero attached hydrogens (tertiary/aromatic N) is 2. The molecule has 2 saturated heterocycles. The molecule has 31 heavy (non-hydrogen) atoms. The summed E-state index contributed by atoms with van der Waals surface area (Å²) < 4.78 is 10.9. The maximum atomic E-state index is 12.9. The highest BCUT2D eigenvalue weighted by Gasteiger charge is 2.30. The van der Waals surface area contributed by atoms with Crippen molar-refractivity contribution in [3.63, 3.8) is 0 Å². The summed E-state index contributed by atoms with van der Waals surface area (Å²) in [6.07, 6.45) is 5.02. The Kier molecular flexibility index (Phi) is 6.06. The van der Waals surface area contributed by atoms with Gasteiger partial charge in [-0.25, -0.2) is 0 Å². The lowest BCUT2D eigenvalue weighted by Crippen LogP contribution is -2.42. The highest BCUT2D eigenvalue weighted by Crippen LogP contribution is 2.37. The van der Waals surface area contributed by atoms with Crippen LogP contribution in [-0.2, 0) is 11.3 Å². The van der Waals surface area contributed by atoms with Crippen molar-refractivity contribution in [1.82, 2.24) is 9.80 Å². The van der Waals surface area contributed by atoms with Crippen LogP contribution in [0.15, 0.2) is 42.5 Å². The second-order valence-corrected chi connectivity index (χ2v) is 9.25. The summed E-state index contributed by atoms with van der Waals surface area (Å²) in [5.74, 6) is 2.19. The maximum absolute atomic E-state index is 12.9. The third-order valence-electron chi connectivity index (χ3n) is 6.92. The highest BCUT2D eigenvalue weighted by atomic mass is 35.5. The van der Waals surface area contributed by atoms with Crippen molar-refractivity contribution < 1.29 is 14.3 Å². The van der Waals surface area contributed by atoms with E-state index in [1.807, 2.05) is 11.0 Å². The predicted octanol–water partition coefficient (Wildman–Crippen LogP) is 4.83. The number of carbonyl (C=O) groups excluding carboxylic acids is 1. The molecule has 0 saturated carbocycles. The van der Waals surface area contributed by atoms with Gasteiger partial charge in [0.05, 0.1) is 0 Å². The van der Waals surface area contributed by atoms with Gasteiger partial charge in [-0.1, -0.05) is 41.9 Å². The van der Waals surface area contributed by atoms with Crippen LogP contribution >= 0.6 is 11.6 Å². The molecule has 2 atom stereocenters. The van der Waals surface area contributed by atoms with Crippen LogP contribution in [0.4, 0.5) is 0 Å². The number of rotatable bonds is 4. The Bertz CT molecular complexity index is 936. The predicted molar refractivity (Wildman–Crippen MR) is 121 cm³/mol. The Morgan fingerprint density at radius 2 is 1.81 bits per heavy atom. The molecular formula is C25H29ClN2O3. The second kappa shape index (κ2) is 9.09. The van der Waals surface area contributed by atoms with Crippen LogP contribution in [0.2, 0.25) is 5.02 Å². The molecular weight excluding hydrogens is 412 g/mol. The number of amides is 1. The molecule has 6 heteroatoms. The molecule has 0 radical (unpaired) electrons. The fourth-order valence-corrected chi connectivity index (χ4v) is 5.39. The van der Waals surface area contributed by atoms with Gasteiger partial charge in [0.15, 0.2) is 11.5 Å². The lowest BCUT2D eigenvalue weighted by atomic mass is 9.89. The summed E-state index contributed by atoms with van der Waals surface area (Å²) >= 11 is 6.46. The zero-order valence-corrected chi connectivity index (χ0v) is 18.5. The van der Waals surface area contributed by atoms with Crippen molar-refractivity contribution in [3.05, 3.63) is 58.6 Å². The van der Waals surface area contributed by atoms with Gasteiger partial charge in [0, 0.05) is 43.2 Å². The Hall–Kier alpha value is -2.24. The molecule has 5 nitrogen and oxygen atoms in total. The standard InChI is InChI=1S/C25H29ClN2O3/c26-22-14-24-23(30-17-31-24)13-20(22)16-28-12-10-21(8-9-25(28)29)27-11-4-7-19(15-27)18-5-2-1-3-6-18/h1-3,5-6,13-14,19,21H,4,7-12,15-17H2. The molecule has 0 bridgehead atoms. The molecule has 0 N–H and O–H groups in total. The van der Waals surface area contributed by atoms with Crippen LogP contribution in [-0.4, -0.2) is 48.2 Å². The minimum Gasteiger partial charge on any atom is -0.454 e. The minimum atomic E-state index is 0.216. The van der Waals surface area contributed by atoms with E-state index < -0.39 is 0 Å². The first kappa shape index (κ1) is 20.7. The van der Waals surface area contributed by atoms with E-state index in [1.165, 1.54) is 18.4 Å². The number of halogens is 1. The molecule has 0 aliphatic carbocycles. The molecule has 3 aliphatic rings. The fraction of sp³-hybridized carbons (Fsp3) is 0.480. The third-order valence-corrected chi connectivity index (χ3v) is 7.27. The first-order valence-electron chi connectivity index (χ1n) is 11.3. The van der Waals surface area contributed by atoms with Gasteiger partial charge in [-0.3, -0.25) is 9.69 Å². The summed E-state index contributed by atoms with van der Waals surface area (Å²) in [5, 5.41) is 0.625. The maximum Gasteiger partial charge on any atom is 0.231 e. The number of ether oxygens (including phenoxy) is 2. The Balaban J connectivity index is 1.24. The SMILES string of the molecule is O=C1CCC(N2CCCC(c3ccccc3)C2)CCN1Cc1cc2c(cc1Cl)OCO2. The number of hydrogen-bond acceptors (Lipinski definition) is 4. The van der Waals surface area contributed by atoms with Crippen molar-refractivity contribution >= 4 is 17.5 Å². The van der Waals surface area contributed by atoms with Crippen LogP contribution in [0, 0.1) is 0 Å². The quantitative estimate of drug-likeness (QED) is 0.682. The van der Waals surface area contributed by atoms with Gasteiger partial charge in [-0.05, 0) is 55.3 Å². The van der Waals surface area contributed by atoms with E-state index in [0.717, 1.165) is 38.0 Å². The van der Waals surface area contributed by atoms with E-state index in [4.69, 9.17) is 21.1 Å². The van der Waals surface area contributed by atoms with Crippen LogP contribution in [0.1, 0.15) is 49.1 Å². The average molecular weight is 441 g/mol. The zero-order valence-electron chi connectivity index (χ0n) is 17.8. The molecule has 2 fully saturated rings. The molecule has 1 amide bonds. The molecule has 2 unspecified atom stereocenters. The van der Waals surface area contributed by atoms with E-state index in [0.29, 0.717) is 41.4 Å². The number of piperidine rings is 1. The first-order chi connectivity index (χ1) is 15.2. The average Bonchev–Trinajstić information content (AvgIpc) is 3.17.